The normalized spacial score (nSPS) is 14.1. The minimum absolute atomic E-state index is 0.0915. The highest BCUT2D eigenvalue weighted by molar-refractivity contribution is 6.42. The second-order valence-corrected chi connectivity index (χ2v) is 6.11. The molecule has 0 aliphatic rings. The topological polar surface area (TPSA) is 43.1 Å². The summed E-state index contributed by atoms with van der Waals surface area (Å²) >= 11 is 11.9. The van der Waals surface area contributed by atoms with Gasteiger partial charge in [-0.15, -0.1) is 0 Å². The molecule has 0 heterocycles. The van der Waals surface area contributed by atoms with Crippen LogP contribution in [0.1, 0.15) is 56.3 Å². The van der Waals surface area contributed by atoms with E-state index in [0.717, 1.165) is 32.1 Å². The van der Waals surface area contributed by atoms with Gasteiger partial charge in [0.05, 0.1) is 10.0 Å². The van der Waals surface area contributed by atoms with Crippen molar-refractivity contribution in [3.8, 4) is 0 Å². The van der Waals surface area contributed by atoms with E-state index in [4.69, 9.17) is 28.9 Å². The molecule has 4 heteroatoms. The molecule has 0 saturated carbocycles. The van der Waals surface area contributed by atoms with Crippen LogP contribution in [0.3, 0.4) is 0 Å². The molecule has 1 aromatic carbocycles. The summed E-state index contributed by atoms with van der Waals surface area (Å²) in [6.45, 7) is 4.58. The summed E-state index contributed by atoms with van der Waals surface area (Å²) in [5.74, 6) is 0.0915. The van der Waals surface area contributed by atoms with E-state index in [1.165, 1.54) is 0 Å². The fourth-order valence-electron chi connectivity index (χ4n) is 2.59. The molecule has 0 bridgehead atoms. The highest BCUT2D eigenvalue weighted by Crippen LogP contribution is 2.35. The van der Waals surface area contributed by atoms with E-state index in [0.29, 0.717) is 22.2 Å². The number of carbonyl (C=O) groups excluding carboxylic acids is 1. The highest BCUT2D eigenvalue weighted by Gasteiger charge is 2.36. The molecule has 1 aromatic rings. The first-order valence-electron chi connectivity index (χ1n) is 7.20. The van der Waals surface area contributed by atoms with E-state index in [1.54, 1.807) is 18.2 Å². The number of Topliss-reactive ketones (excluding diaryl/α,β-unsaturated/α-hetero) is 1. The van der Waals surface area contributed by atoms with Crippen LogP contribution < -0.4 is 5.73 Å². The molecule has 0 aromatic heterocycles. The Morgan fingerprint density at radius 3 is 2.35 bits per heavy atom. The lowest BCUT2D eigenvalue weighted by molar-refractivity contribution is 0.0764. The Morgan fingerprint density at radius 1 is 1.15 bits per heavy atom. The second-order valence-electron chi connectivity index (χ2n) is 5.30. The van der Waals surface area contributed by atoms with Crippen LogP contribution in [0, 0.1) is 5.41 Å². The third-order valence-electron chi connectivity index (χ3n) is 3.79. The Morgan fingerprint density at radius 2 is 1.85 bits per heavy atom. The van der Waals surface area contributed by atoms with E-state index < -0.39 is 5.41 Å². The Balaban J connectivity index is 3.10. The molecule has 0 aliphatic heterocycles. The Labute approximate surface area is 131 Å². The van der Waals surface area contributed by atoms with E-state index >= 15 is 0 Å². The average Bonchev–Trinajstić information content (AvgIpc) is 2.46. The number of rotatable bonds is 8. The van der Waals surface area contributed by atoms with Gasteiger partial charge in [-0.05, 0) is 31.0 Å². The molecule has 1 atom stereocenters. The fraction of sp³-hybridized carbons (Fsp3) is 0.562. The van der Waals surface area contributed by atoms with Gasteiger partial charge in [0, 0.05) is 17.5 Å². The Kier molecular flexibility index (Phi) is 7.01. The average molecular weight is 316 g/mol. The van der Waals surface area contributed by atoms with Crippen LogP contribution in [0.2, 0.25) is 10.0 Å². The number of halogens is 2. The largest absolute Gasteiger partial charge is 0.329 e. The molecule has 2 nitrogen and oxygen atoms in total. The maximum absolute atomic E-state index is 12.9. The molecule has 20 heavy (non-hydrogen) atoms. The zero-order valence-corrected chi connectivity index (χ0v) is 13.7. The van der Waals surface area contributed by atoms with Crippen molar-refractivity contribution in [1.82, 2.24) is 0 Å². The Bertz CT molecular complexity index is 462. The molecule has 0 unspecified atom stereocenters. The maximum atomic E-state index is 12.9. The number of hydrogen-bond donors (Lipinski definition) is 1. The summed E-state index contributed by atoms with van der Waals surface area (Å²) in [6.07, 6.45) is 4.63. The van der Waals surface area contributed by atoms with Crippen LogP contribution in [0.15, 0.2) is 18.2 Å². The van der Waals surface area contributed by atoms with Crippen LogP contribution in [0.25, 0.3) is 0 Å². The second kappa shape index (κ2) is 8.02. The van der Waals surface area contributed by atoms with Gasteiger partial charge in [0.1, 0.15) is 0 Å². The quantitative estimate of drug-likeness (QED) is 0.677. The van der Waals surface area contributed by atoms with Crippen LogP contribution in [-0.4, -0.2) is 12.3 Å². The predicted molar refractivity (Wildman–Crippen MR) is 86.7 cm³/mol. The lowest BCUT2D eigenvalue weighted by Crippen LogP contribution is -2.38. The van der Waals surface area contributed by atoms with E-state index in [9.17, 15) is 4.79 Å². The number of benzene rings is 1. The SMILES string of the molecule is CCCC[C@](CN)(CCC)C(=O)c1ccc(Cl)c(Cl)c1. The minimum atomic E-state index is -0.470. The number of carbonyl (C=O) groups is 1. The number of hydrogen-bond acceptors (Lipinski definition) is 2. The smallest absolute Gasteiger partial charge is 0.170 e. The van der Waals surface area contributed by atoms with Crippen molar-refractivity contribution in [3.63, 3.8) is 0 Å². The van der Waals surface area contributed by atoms with Crippen molar-refractivity contribution < 1.29 is 4.79 Å². The third-order valence-corrected chi connectivity index (χ3v) is 4.53. The van der Waals surface area contributed by atoms with Crippen LogP contribution in [0.5, 0.6) is 0 Å². The predicted octanol–water partition coefficient (Wildman–Crippen LogP) is 5.11. The van der Waals surface area contributed by atoms with E-state index in [1.807, 2.05) is 0 Å². The summed E-state index contributed by atoms with van der Waals surface area (Å²) < 4.78 is 0. The molecule has 112 valence electrons. The zero-order chi connectivity index (χ0) is 15.2. The first-order valence-corrected chi connectivity index (χ1v) is 7.96. The van der Waals surface area contributed by atoms with Gasteiger partial charge in [-0.25, -0.2) is 0 Å². The van der Waals surface area contributed by atoms with Gasteiger partial charge >= 0.3 is 0 Å². The number of nitrogens with two attached hydrogens (primary N) is 1. The molecule has 0 radical (unpaired) electrons. The van der Waals surface area contributed by atoms with Gasteiger partial charge in [0.2, 0.25) is 0 Å². The molecule has 0 fully saturated rings. The van der Waals surface area contributed by atoms with Crippen molar-refractivity contribution in [3.05, 3.63) is 33.8 Å². The minimum Gasteiger partial charge on any atom is -0.329 e. The summed E-state index contributed by atoms with van der Waals surface area (Å²) in [5, 5.41) is 0.876. The van der Waals surface area contributed by atoms with Crippen LogP contribution >= 0.6 is 23.2 Å². The van der Waals surface area contributed by atoms with Crippen molar-refractivity contribution in [2.75, 3.05) is 6.54 Å². The highest BCUT2D eigenvalue weighted by atomic mass is 35.5. The monoisotopic (exact) mass is 315 g/mol. The van der Waals surface area contributed by atoms with Gasteiger partial charge in [-0.1, -0.05) is 56.3 Å². The standard InChI is InChI=1S/C16H23Cl2NO/c1-3-5-9-16(11-19,8-4-2)15(20)12-6-7-13(17)14(18)10-12/h6-7,10H,3-5,8-9,11,19H2,1-2H3/t16-/m0/s1. The summed E-state index contributed by atoms with van der Waals surface area (Å²) in [6, 6.07) is 5.06. The van der Waals surface area contributed by atoms with Crippen LogP contribution in [0.4, 0.5) is 0 Å². The summed E-state index contributed by atoms with van der Waals surface area (Å²) in [7, 11) is 0. The van der Waals surface area contributed by atoms with E-state index in [2.05, 4.69) is 13.8 Å². The Hall–Kier alpha value is -0.570. The zero-order valence-electron chi connectivity index (χ0n) is 12.2. The van der Waals surface area contributed by atoms with Gasteiger partial charge in [-0.3, -0.25) is 4.79 Å². The van der Waals surface area contributed by atoms with Gasteiger partial charge in [0.25, 0.3) is 0 Å². The number of unbranched alkanes of at least 4 members (excludes halogenated alkanes) is 1. The van der Waals surface area contributed by atoms with E-state index in [-0.39, 0.29) is 5.78 Å². The van der Waals surface area contributed by atoms with Crippen molar-refractivity contribution in [1.29, 1.82) is 0 Å². The molecule has 2 N–H and O–H groups in total. The van der Waals surface area contributed by atoms with Crippen molar-refractivity contribution in [2.45, 2.75) is 46.0 Å². The van der Waals surface area contributed by atoms with Crippen molar-refractivity contribution >= 4 is 29.0 Å². The molecule has 1 rings (SSSR count). The molecular formula is C16H23Cl2NO. The summed E-state index contributed by atoms with van der Waals surface area (Å²) in [4.78, 5) is 12.9. The lowest BCUT2D eigenvalue weighted by atomic mass is 9.73. The van der Waals surface area contributed by atoms with Gasteiger partial charge in [0.15, 0.2) is 5.78 Å². The molecule has 0 saturated heterocycles. The van der Waals surface area contributed by atoms with Crippen LogP contribution in [-0.2, 0) is 0 Å². The molecule has 0 amide bonds. The molecular weight excluding hydrogens is 293 g/mol. The van der Waals surface area contributed by atoms with Gasteiger partial charge in [-0.2, -0.15) is 0 Å². The lowest BCUT2D eigenvalue weighted by Gasteiger charge is -2.31. The number of ketones is 1. The maximum Gasteiger partial charge on any atom is 0.170 e. The van der Waals surface area contributed by atoms with Gasteiger partial charge < -0.3 is 5.73 Å². The molecule has 0 aliphatic carbocycles. The fourth-order valence-corrected chi connectivity index (χ4v) is 2.88. The first-order chi connectivity index (χ1) is 9.50. The molecule has 0 spiro atoms. The van der Waals surface area contributed by atoms with Crippen molar-refractivity contribution in [2.24, 2.45) is 11.1 Å². The first kappa shape index (κ1) is 17.5. The summed E-state index contributed by atoms with van der Waals surface area (Å²) in [5.41, 5.74) is 6.10. The third kappa shape index (κ3) is 3.97.